The van der Waals surface area contributed by atoms with Gasteiger partial charge in [-0.15, -0.1) is 0 Å². The summed E-state index contributed by atoms with van der Waals surface area (Å²) in [6.45, 7) is 4.61. The third-order valence-corrected chi connectivity index (χ3v) is 3.77. The number of carbonyl (C=O) groups excluding carboxylic acids is 2. The highest BCUT2D eigenvalue weighted by molar-refractivity contribution is 6.03. The van der Waals surface area contributed by atoms with Crippen molar-refractivity contribution in [2.75, 3.05) is 0 Å². The van der Waals surface area contributed by atoms with Crippen molar-refractivity contribution in [3.05, 3.63) is 61.3 Å². The SMILES string of the molecule is CCc1c(C(=O)Cn2cc([N+](=O)[O-])ccc2=O)[nH]c(C)c1C(C)=O. The average molecular weight is 331 g/mol. The fourth-order valence-electron chi connectivity index (χ4n) is 2.73. The molecular weight excluding hydrogens is 314 g/mol. The molecular formula is C16H17N3O5. The Morgan fingerprint density at radius 2 is 2.00 bits per heavy atom. The molecule has 0 saturated carbocycles. The average Bonchev–Trinajstić information content (AvgIpc) is 2.85. The lowest BCUT2D eigenvalue weighted by atomic mass is 10.0. The van der Waals surface area contributed by atoms with Crippen molar-refractivity contribution in [1.29, 1.82) is 0 Å². The maximum atomic E-state index is 12.5. The van der Waals surface area contributed by atoms with E-state index in [9.17, 15) is 24.5 Å². The fourth-order valence-corrected chi connectivity index (χ4v) is 2.73. The van der Waals surface area contributed by atoms with Gasteiger partial charge in [-0.05, 0) is 25.8 Å². The van der Waals surface area contributed by atoms with Gasteiger partial charge in [-0.25, -0.2) is 0 Å². The van der Waals surface area contributed by atoms with Gasteiger partial charge in [0.15, 0.2) is 11.6 Å². The third kappa shape index (κ3) is 3.17. The van der Waals surface area contributed by atoms with E-state index in [0.717, 1.165) is 22.9 Å². The predicted molar refractivity (Wildman–Crippen MR) is 86.6 cm³/mol. The number of H-pyrrole nitrogens is 1. The van der Waals surface area contributed by atoms with Crippen LogP contribution in [0.4, 0.5) is 5.69 Å². The summed E-state index contributed by atoms with van der Waals surface area (Å²) in [5.74, 6) is -0.558. The summed E-state index contributed by atoms with van der Waals surface area (Å²) in [4.78, 5) is 49.2. The minimum absolute atomic E-state index is 0.146. The Morgan fingerprint density at radius 3 is 2.54 bits per heavy atom. The second kappa shape index (κ2) is 6.61. The largest absolute Gasteiger partial charge is 0.355 e. The van der Waals surface area contributed by atoms with E-state index in [2.05, 4.69) is 4.98 Å². The highest BCUT2D eigenvalue weighted by Gasteiger charge is 2.22. The van der Waals surface area contributed by atoms with E-state index in [1.807, 2.05) is 6.92 Å². The Kier molecular flexibility index (Phi) is 4.77. The number of carbonyl (C=O) groups is 2. The van der Waals surface area contributed by atoms with Gasteiger partial charge in [-0.2, -0.15) is 0 Å². The molecule has 1 N–H and O–H groups in total. The van der Waals surface area contributed by atoms with Crippen molar-refractivity contribution in [2.24, 2.45) is 0 Å². The lowest BCUT2D eigenvalue weighted by molar-refractivity contribution is -0.385. The van der Waals surface area contributed by atoms with Crippen LogP contribution in [0.15, 0.2) is 23.1 Å². The Morgan fingerprint density at radius 1 is 1.33 bits per heavy atom. The van der Waals surface area contributed by atoms with Crippen molar-refractivity contribution >= 4 is 17.3 Å². The van der Waals surface area contributed by atoms with E-state index >= 15 is 0 Å². The third-order valence-electron chi connectivity index (χ3n) is 3.77. The molecule has 2 rings (SSSR count). The lowest BCUT2D eigenvalue weighted by Gasteiger charge is -2.06. The molecule has 0 aliphatic rings. The molecule has 0 fully saturated rings. The van der Waals surface area contributed by atoms with Gasteiger partial charge in [0.1, 0.15) is 0 Å². The standard InChI is InChI=1S/C16H17N3O5/c1-4-12-15(10(3)20)9(2)17-16(12)13(21)8-18-7-11(19(23)24)5-6-14(18)22/h5-7,17H,4,8H2,1-3H3. The van der Waals surface area contributed by atoms with E-state index in [-0.39, 0.29) is 23.7 Å². The molecule has 0 spiro atoms. The van der Waals surface area contributed by atoms with E-state index < -0.39 is 16.3 Å². The smallest absolute Gasteiger partial charge is 0.285 e. The van der Waals surface area contributed by atoms with Crippen LogP contribution in [-0.2, 0) is 13.0 Å². The summed E-state index contributed by atoms with van der Waals surface area (Å²) in [7, 11) is 0. The predicted octanol–water partition coefficient (Wildman–Crippen LogP) is 2.04. The van der Waals surface area contributed by atoms with Crippen molar-refractivity contribution in [1.82, 2.24) is 9.55 Å². The van der Waals surface area contributed by atoms with Crippen LogP contribution in [0, 0.1) is 17.0 Å². The molecule has 0 amide bonds. The van der Waals surface area contributed by atoms with E-state index in [1.54, 1.807) is 6.92 Å². The van der Waals surface area contributed by atoms with Crippen LogP contribution < -0.4 is 5.56 Å². The number of hydrogen-bond donors (Lipinski definition) is 1. The van der Waals surface area contributed by atoms with Gasteiger partial charge in [-0.1, -0.05) is 6.92 Å². The molecule has 0 unspecified atom stereocenters. The first-order valence-corrected chi connectivity index (χ1v) is 7.36. The number of rotatable bonds is 6. The Bertz CT molecular complexity index is 892. The van der Waals surface area contributed by atoms with E-state index in [4.69, 9.17) is 0 Å². The minimum atomic E-state index is -0.634. The molecule has 0 bridgehead atoms. The van der Waals surface area contributed by atoms with Crippen LogP contribution in [0.25, 0.3) is 0 Å². The monoisotopic (exact) mass is 331 g/mol. The molecule has 0 aliphatic heterocycles. The lowest BCUT2D eigenvalue weighted by Crippen LogP contribution is -2.24. The summed E-state index contributed by atoms with van der Waals surface area (Å²) < 4.78 is 0.990. The number of aromatic nitrogens is 2. The van der Waals surface area contributed by atoms with Gasteiger partial charge in [0.2, 0.25) is 0 Å². The molecule has 0 atom stereocenters. The van der Waals surface area contributed by atoms with E-state index in [1.165, 1.54) is 6.92 Å². The van der Waals surface area contributed by atoms with Crippen LogP contribution in [-0.4, -0.2) is 26.0 Å². The highest BCUT2D eigenvalue weighted by atomic mass is 16.6. The maximum absolute atomic E-state index is 12.5. The van der Waals surface area contributed by atoms with Crippen molar-refractivity contribution in [2.45, 2.75) is 33.7 Å². The number of ketones is 2. The molecule has 2 aromatic heterocycles. The number of nitro groups is 1. The number of nitrogens with zero attached hydrogens (tertiary/aromatic N) is 2. The summed E-state index contributed by atoms with van der Waals surface area (Å²) in [5, 5.41) is 10.8. The number of aromatic amines is 1. The zero-order valence-corrected chi connectivity index (χ0v) is 13.6. The van der Waals surface area contributed by atoms with Crippen LogP contribution in [0.2, 0.25) is 0 Å². The molecule has 24 heavy (non-hydrogen) atoms. The highest BCUT2D eigenvalue weighted by Crippen LogP contribution is 2.21. The number of nitrogens with one attached hydrogen (secondary N) is 1. The molecule has 0 aliphatic carbocycles. The molecule has 2 heterocycles. The molecule has 126 valence electrons. The molecule has 0 radical (unpaired) electrons. The molecule has 8 heteroatoms. The van der Waals surface area contributed by atoms with Gasteiger partial charge in [0.25, 0.3) is 11.2 Å². The van der Waals surface area contributed by atoms with Crippen molar-refractivity contribution in [3.8, 4) is 0 Å². The summed E-state index contributed by atoms with van der Waals surface area (Å²) in [6, 6.07) is 2.14. The van der Waals surface area contributed by atoms with Gasteiger partial charge in [-0.3, -0.25) is 24.5 Å². The summed E-state index contributed by atoms with van der Waals surface area (Å²) >= 11 is 0. The van der Waals surface area contributed by atoms with Gasteiger partial charge >= 0.3 is 0 Å². The fraction of sp³-hybridized carbons (Fsp3) is 0.312. The van der Waals surface area contributed by atoms with Gasteiger partial charge < -0.3 is 9.55 Å². The Labute approximate surface area is 137 Å². The quantitative estimate of drug-likeness (QED) is 0.494. The molecule has 2 aromatic rings. The zero-order valence-electron chi connectivity index (χ0n) is 13.6. The minimum Gasteiger partial charge on any atom is -0.355 e. The topological polar surface area (TPSA) is 115 Å². The normalized spacial score (nSPS) is 10.6. The van der Waals surface area contributed by atoms with Gasteiger partial charge in [0.05, 0.1) is 23.4 Å². The Hall–Kier alpha value is -3.03. The molecule has 0 aromatic carbocycles. The summed E-state index contributed by atoms with van der Waals surface area (Å²) in [6.07, 6.45) is 1.51. The van der Waals surface area contributed by atoms with Crippen LogP contribution in [0.5, 0.6) is 0 Å². The Balaban J connectivity index is 2.43. The van der Waals surface area contributed by atoms with Crippen molar-refractivity contribution < 1.29 is 14.5 Å². The summed E-state index contributed by atoms with van der Waals surface area (Å²) in [5.41, 5.74) is 1.15. The van der Waals surface area contributed by atoms with Crippen LogP contribution in [0.3, 0.4) is 0 Å². The first-order valence-electron chi connectivity index (χ1n) is 7.36. The van der Waals surface area contributed by atoms with Crippen LogP contribution in [0.1, 0.15) is 46.0 Å². The molecule has 8 nitrogen and oxygen atoms in total. The van der Waals surface area contributed by atoms with Crippen molar-refractivity contribution in [3.63, 3.8) is 0 Å². The number of pyridine rings is 1. The maximum Gasteiger partial charge on any atom is 0.285 e. The zero-order chi connectivity index (χ0) is 18.0. The number of Topliss-reactive ketones (excluding diaryl/α,β-unsaturated/α-hetero) is 2. The first kappa shape index (κ1) is 17.3. The van der Waals surface area contributed by atoms with Crippen LogP contribution >= 0.6 is 0 Å². The number of aryl methyl sites for hydroxylation is 1. The second-order valence-corrected chi connectivity index (χ2v) is 5.42. The van der Waals surface area contributed by atoms with E-state index in [0.29, 0.717) is 23.2 Å². The number of hydrogen-bond acceptors (Lipinski definition) is 5. The molecule has 0 saturated heterocycles. The first-order chi connectivity index (χ1) is 11.3. The van der Waals surface area contributed by atoms with Gasteiger partial charge in [0, 0.05) is 23.4 Å². The second-order valence-electron chi connectivity index (χ2n) is 5.42.